The van der Waals surface area contributed by atoms with E-state index < -0.39 is 35.7 Å². The number of hydrogen-bond donors (Lipinski definition) is 0. The van der Waals surface area contributed by atoms with Crippen molar-refractivity contribution < 1.29 is 28.6 Å². The average molecular weight is 718 g/mol. The van der Waals surface area contributed by atoms with Crippen molar-refractivity contribution in [2.24, 2.45) is 17.8 Å². The lowest BCUT2D eigenvalue weighted by molar-refractivity contribution is -0.150. The first kappa shape index (κ1) is 35.9. The van der Waals surface area contributed by atoms with E-state index in [1.165, 1.54) is 0 Å². The highest BCUT2D eigenvalue weighted by Crippen LogP contribution is 2.37. The number of esters is 3. The second-order valence-corrected chi connectivity index (χ2v) is 13.6. The van der Waals surface area contributed by atoms with E-state index in [-0.39, 0.29) is 19.3 Å². The highest BCUT2D eigenvalue weighted by molar-refractivity contribution is 5.83. The van der Waals surface area contributed by atoms with E-state index in [2.05, 4.69) is 15.0 Å². The molecule has 1 aliphatic carbocycles. The van der Waals surface area contributed by atoms with Gasteiger partial charge >= 0.3 is 17.9 Å². The minimum absolute atomic E-state index is 0.163. The molecule has 54 heavy (non-hydrogen) atoms. The van der Waals surface area contributed by atoms with Crippen molar-refractivity contribution in [3.05, 3.63) is 144 Å². The first-order valence-corrected chi connectivity index (χ1v) is 17.9. The lowest BCUT2D eigenvalue weighted by Gasteiger charge is -2.31. The van der Waals surface area contributed by atoms with Gasteiger partial charge in [0.1, 0.15) is 17.2 Å². The summed E-state index contributed by atoms with van der Waals surface area (Å²) in [7, 11) is 0. The molecular weight excluding hydrogens is 679 g/mol. The fourth-order valence-electron chi connectivity index (χ4n) is 6.90. The summed E-state index contributed by atoms with van der Waals surface area (Å²) in [5.74, 6) is -2.79. The molecule has 1 saturated carbocycles. The van der Waals surface area contributed by atoms with E-state index in [4.69, 9.17) is 14.2 Å². The summed E-state index contributed by atoms with van der Waals surface area (Å²) in [6, 6.07) is 33.0. The van der Waals surface area contributed by atoms with Crippen molar-refractivity contribution in [1.29, 1.82) is 0 Å². The van der Waals surface area contributed by atoms with Gasteiger partial charge in [0, 0.05) is 35.3 Å². The zero-order valence-electron chi connectivity index (χ0n) is 30.3. The molecule has 0 amide bonds. The standard InChI is InChI=1S/C45H39N3O6/c1-28-7-4-22-46-40(28)31-10-16-37(17-11-31)52-43(49)34-25-35(44(50)53-38-18-12-32(13-19-38)41-29(2)8-5-23-47-41)27-36(26-34)45(51)54-39-20-14-33(15-21-39)42-30(3)9-6-24-48-42/h4-24,34-36H,25-27H2,1-3H3. The Morgan fingerprint density at radius 3 is 0.926 bits per heavy atom. The molecule has 0 bridgehead atoms. The van der Waals surface area contributed by atoms with E-state index >= 15 is 0 Å². The first-order valence-electron chi connectivity index (χ1n) is 17.9. The number of pyridine rings is 3. The molecule has 6 aromatic rings. The van der Waals surface area contributed by atoms with Crippen LogP contribution in [0.1, 0.15) is 36.0 Å². The molecule has 3 heterocycles. The SMILES string of the molecule is Cc1cccnc1-c1ccc(OC(=O)C2CC(C(=O)Oc3ccc(-c4ncccc4C)cc3)CC(C(=O)Oc3ccc(-c4ncccc4C)cc3)C2)cc1. The highest BCUT2D eigenvalue weighted by atomic mass is 16.5. The second kappa shape index (κ2) is 16.0. The van der Waals surface area contributed by atoms with Crippen molar-refractivity contribution in [2.75, 3.05) is 0 Å². The minimum Gasteiger partial charge on any atom is -0.426 e. The van der Waals surface area contributed by atoms with E-state index in [1.54, 1.807) is 55.0 Å². The zero-order chi connectivity index (χ0) is 37.6. The molecule has 9 nitrogen and oxygen atoms in total. The Bertz CT molecular complexity index is 2020. The molecular formula is C45H39N3O6. The maximum absolute atomic E-state index is 13.7. The predicted octanol–water partition coefficient (Wildman–Crippen LogP) is 8.95. The summed E-state index contributed by atoms with van der Waals surface area (Å²) in [5, 5.41) is 0. The van der Waals surface area contributed by atoms with Crippen molar-refractivity contribution in [1.82, 2.24) is 15.0 Å². The lowest BCUT2D eigenvalue weighted by atomic mass is 9.75. The lowest BCUT2D eigenvalue weighted by Crippen LogP contribution is -2.39. The van der Waals surface area contributed by atoms with Gasteiger partial charge in [-0.1, -0.05) is 18.2 Å². The van der Waals surface area contributed by atoms with Gasteiger partial charge in [-0.3, -0.25) is 29.3 Å². The van der Waals surface area contributed by atoms with E-state index in [1.807, 2.05) is 93.6 Å². The van der Waals surface area contributed by atoms with Crippen LogP contribution in [0.2, 0.25) is 0 Å². The fraction of sp³-hybridized carbons (Fsp3) is 0.200. The Kier molecular flexibility index (Phi) is 10.7. The molecule has 7 rings (SSSR count). The van der Waals surface area contributed by atoms with Crippen molar-refractivity contribution >= 4 is 17.9 Å². The molecule has 1 fully saturated rings. The molecule has 0 atom stereocenters. The Hall–Kier alpha value is -6.48. The maximum atomic E-state index is 13.7. The van der Waals surface area contributed by atoms with E-state index in [9.17, 15) is 14.4 Å². The Morgan fingerprint density at radius 1 is 0.426 bits per heavy atom. The first-order chi connectivity index (χ1) is 26.2. The molecule has 1 aliphatic rings. The molecule has 0 radical (unpaired) electrons. The number of carbonyl (C=O) groups is 3. The summed E-state index contributed by atoms with van der Waals surface area (Å²) in [6.45, 7) is 5.95. The van der Waals surface area contributed by atoms with Gasteiger partial charge < -0.3 is 14.2 Å². The second-order valence-electron chi connectivity index (χ2n) is 13.6. The summed E-state index contributed by atoms with van der Waals surface area (Å²) >= 11 is 0. The molecule has 0 saturated heterocycles. The van der Waals surface area contributed by atoms with Gasteiger partial charge in [0.2, 0.25) is 0 Å². The van der Waals surface area contributed by atoms with Gasteiger partial charge in [0.05, 0.1) is 34.8 Å². The predicted molar refractivity (Wildman–Crippen MR) is 204 cm³/mol. The van der Waals surface area contributed by atoms with Crippen molar-refractivity contribution in [2.45, 2.75) is 40.0 Å². The summed E-state index contributed by atoms with van der Waals surface area (Å²) in [4.78, 5) is 54.4. The van der Waals surface area contributed by atoms with Gasteiger partial charge in [-0.05, 0) is 148 Å². The van der Waals surface area contributed by atoms with Crippen LogP contribution in [0, 0.1) is 38.5 Å². The van der Waals surface area contributed by atoms with Crippen LogP contribution in [0.15, 0.2) is 128 Å². The summed E-state index contributed by atoms with van der Waals surface area (Å²) in [5.41, 5.74) is 8.28. The number of carbonyl (C=O) groups excluding carboxylic acids is 3. The van der Waals surface area contributed by atoms with Gasteiger partial charge in [0.25, 0.3) is 0 Å². The van der Waals surface area contributed by atoms with Crippen LogP contribution < -0.4 is 14.2 Å². The molecule has 3 aromatic carbocycles. The third-order valence-corrected chi connectivity index (χ3v) is 9.77. The largest absolute Gasteiger partial charge is 0.426 e. The third kappa shape index (κ3) is 8.26. The molecule has 0 spiro atoms. The molecule has 0 aliphatic heterocycles. The van der Waals surface area contributed by atoms with Crippen LogP contribution in [0.3, 0.4) is 0 Å². The molecule has 0 N–H and O–H groups in total. The quantitative estimate of drug-likeness (QED) is 0.107. The van der Waals surface area contributed by atoms with Crippen LogP contribution in [0.25, 0.3) is 33.8 Å². The third-order valence-electron chi connectivity index (χ3n) is 9.77. The average Bonchev–Trinajstić information content (AvgIpc) is 3.19. The van der Waals surface area contributed by atoms with Gasteiger partial charge in [-0.15, -0.1) is 0 Å². The van der Waals surface area contributed by atoms with E-state index in [0.717, 1.165) is 50.5 Å². The molecule has 3 aromatic heterocycles. The Labute approximate surface area is 314 Å². The highest BCUT2D eigenvalue weighted by Gasteiger charge is 2.41. The number of rotatable bonds is 9. The zero-order valence-corrected chi connectivity index (χ0v) is 30.3. The van der Waals surface area contributed by atoms with Crippen LogP contribution in [-0.2, 0) is 14.4 Å². The summed E-state index contributed by atoms with van der Waals surface area (Å²) in [6.07, 6.45) is 5.69. The molecule has 0 unspecified atom stereocenters. The van der Waals surface area contributed by atoms with Crippen LogP contribution in [-0.4, -0.2) is 32.9 Å². The number of ether oxygens (including phenoxy) is 3. The smallest absolute Gasteiger partial charge is 0.314 e. The normalized spacial score (nSPS) is 16.6. The fourth-order valence-corrected chi connectivity index (χ4v) is 6.90. The van der Waals surface area contributed by atoms with Crippen LogP contribution in [0.5, 0.6) is 17.2 Å². The van der Waals surface area contributed by atoms with Crippen molar-refractivity contribution in [3.63, 3.8) is 0 Å². The number of benzene rings is 3. The number of aromatic nitrogens is 3. The van der Waals surface area contributed by atoms with Crippen LogP contribution >= 0.6 is 0 Å². The van der Waals surface area contributed by atoms with Crippen molar-refractivity contribution in [3.8, 4) is 51.0 Å². The minimum atomic E-state index is -0.754. The Balaban J connectivity index is 1.07. The van der Waals surface area contributed by atoms with E-state index in [0.29, 0.717) is 17.2 Å². The molecule has 9 heteroatoms. The number of hydrogen-bond acceptors (Lipinski definition) is 9. The molecule has 270 valence electrons. The Morgan fingerprint density at radius 2 is 0.685 bits per heavy atom. The van der Waals surface area contributed by atoms with Gasteiger partial charge in [-0.2, -0.15) is 0 Å². The van der Waals surface area contributed by atoms with Gasteiger partial charge in [-0.25, -0.2) is 0 Å². The van der Waals surface area contributed by atoms with Crippen LogP contribution in [0.4, 0.5) is 0 Å². The summed E-state index contributed by atoms with van der Waals surface area (Å²) < 4.78 is 17.5. The number of nitrogens with zero attached hydrogens (tertiary/aromatic N) is 3. The van der Waals surface area contributed by atoms with Gasteiger partial charge in [0.15, 0.2) is 0 Å². The monoisotopic (exact) mass is 717 g/mol. The maximum Gasteiger partial charge on any atom is 0.314 e. The topological polar surface area (TPSA) is 118 Å². The number of aryl methyl sites for hydroxylation is 3.